The van der Waals surface area contributed by atoms with Crippen LogP contribution in [0.1, 0.15) is 21.6 Å². The fourth-order valence-electron chi connectivity index (χ4n) is 2.46. The molecule has 1 N–H and O–H groups in total. The number of nitrogens with zero attached hydrogens (tertiary/aromatic N) is 2. The summed E-state index contributed by atoms with van der Waals surface area (Å²) in [7, 11) is 1.40. The molecule has 0 saturated carbocycles. The van der Waals surface area contributed by atoms with Gasteiger partial charge in [-0.05, 0) is 36.2 Å². The molecule has 1 aliphatic rings. The molecule has 0 aliphatic carbocycles. The molecule has 0 unspecified atom stereocenters. The van der Waals surface area contributed by atoms with E-state index in [1.54, 1.807) is 6.20 Å². The maximum Gasteiger partial charge on any atom is 0.337 e. The number of fused-ring (bicyclic) bond motifs is 1. The molecular weight excluding hydrogens is 242 g/mol. The molecular formula is C14H15N3O2. The molecule has 3 rings (SSSR count). The van der Waals surface area contributed by atoms with Crippen molar-refractivity contribution >= 4 is 11.7 Å². The molecule has 0 bridgehead atoms. The second-order valence-electron chi connectivity index (χ2n) is 4.59. The number of benzene rings is 1. The number of methoxy groups -OCH3 is 1. The molecule has 1 aliphatic heterocycles. The fourth-order valence-corrected chi connectivity index (χ4v) is 2.46. The van der Waals surface area contributed by atoms with Gasteiger partial charge in [-0.25, -0.2) is 4.79 Å². The summed E-state index contributed by atoms with van der Waals surface area (Å²) in [5.74, 6) is -0.283. The van der Waals surface area contributed by atoms with Crippen molar-refractivity contribution < 1.29 is 9.53 Å². The minimum absolute atomic E-state index is 0.283. The number of nitrogens with one attached hydrogen (secondary N) is 1. The molecule has 2 heterocycles. The first kappa shape index (κ1) is 11.8. The molecule has 19 heavy (non-hydrogen) atoms. The van der Waals surface area contributed by atoms with Crippen LogP contribution in [0.4, 0.5) is 5.69 Å². The van der Waals surface area contributed by atoms with Crippen LogP contribution in [0.3, 0.4) is 0 Å². The largest absolute Gasteiger partial charge is 0.465 e. The van der Waals surface area contributed by atoms with E-state index in [1.165, 1.54) is 18.4 Å². The third-order valence-electron chi connectivity index (χ3n) is 3.41. The van der Waals surface area contributed by atoms with E-state index in [-0.39, 0.29) is 5.97 Å². The van der Waals surface area contributed by atoms with Crippen LogP contribution < -0.4 is 4.90 Å². The number of H-pyrrole nitrogens is 1. The number of ether oxygens (including phenoxy) is 1. The molecule has 0 amide bonds. The van der Waals surface area contributed by atoms with E-state index in [9.17, 15) is 4.79 Å². The standard InChI is InChI=1S/C14H15N3O2/c1-19-14(18)11-2-3-13-10(8-11)5-7-17(13)9-12-4-6-15-16-12/h2-4,6,8H,5,7,9H2,1H3,(H,15,16). The van der Waals surface area contributed by atoms with E-state index < -0.39 is 0 Å². The molecule has 98 valence electrons. The van der Waals surface area contributed by atoms with Gasteiger partial charge in [-0.2, -0.15) is 5.10 Å². The molecule has 0 spiro atoms. The van der Waals surface area contributed by atoms with Crippen LogP contribution in [0.5, 0.6) is 0 Å². The van der Waals surface area contributed by atoms with Gasteiger partial charge in [0.25, 0.3) is 0 Å². The first-order valence-electron chi connectivity index (χ1n) is 6.22. The Morgan fingerprint density at radius 2 is 2.37 bits per heavy atom. The predicted molar refractivity (Wildman–Crippen MR) is 71.1 cm³/mol. The van der Waals surface area contributed by atoms with Gasteiger partial charge in [-0.1, -0.05) is 0 Å². The van der Waals surface area contributed by atoms with Gasteiger partial charge >= 0.3 is 5.97 Å². The van der Waals surface area contributed by atoms with Crippen LogP contribution in [0.25, 0.3) is 0 Å². The number of aromatic amines is 1. The highest BCUT2D eigenvalue weighted by atomic mass is 16.5. The molecule has 0 radical (unpaired) electrons. The number of hydrogen-bond acceptors (Lipinski definition) is 4. The average Bonchev–Trinajstić information content (AvgIpc) is 3.08. The van der Waals surface area contributed by atoms with Crippen LogP contribution >= 0.6 is 0 Å². The Hall–Kier alpha value is -2.30. The van der Waals surface area contributed by atoms with E-state index in [0.29, 0.717) is 5.56 Å². The molecule has 1 aromatic heterocycles. The minimum Gasteiger partial charge on any atom is -0.465 e. The first-order valence-corrected chi connectivity index (χ1v) is 6.22. The van der Waals surface area contributed by atoms with E-state index >= 15 is 0 Å². The highest BCUT2D eigenvalue weighted by Gasteiger charge is 2.21. The zero-order chi connectivity index (χ0) is 13.2. The van der Waals surface area contributed by atoms with Gasteiger partial charge in [0.05, 0.1) is 24.9 Å². The SMILES string of the molecule is COC(=O)c1ccc2c(c1)CCN2Cc1ccn[nH]1. The molecule has 0 fully saturated rings. The van der Waals surface area contributed by atoms with Gasteiger partial charge in [0.2, 0.25) is 0 Å². The van der Waals surface area contributed by atoms with Crippen molar-refractivity contribution in [2.45, 2.75) is 13.0 Å². The van der Waals surface area contributed by atoms with E-state index in [2.05, 4.69) is 15.1 Å². The lowest BCUT2D eigenvalue weighted by atomic mass is 10.1. The molecule has 2 aromatic rings. The van der Waals surface area contributed by atoms with E-state index in [0.717, 1.165) is 25.2 Å². The van der Waals surface area contributed by atoms with Crippen LogP contribution in [0.2, 0.25) is 0 Å². The summed E-state index contributed by atoms with van der Waals surface area (Å²) >= 11 is 0. The van der Waals surface area contributed by atoms with Crippen LogP contribution in [-0.4, -0.2) is 29.8 Å². The average molecular weight is 257 g/mol. The lowest BCUT2D eigenvalue weighted by Crippen LogP contribution is -2.19. The maximum absolute atomic E-state index is 11.5. The summed E-state index contributed by atoms with van der Waals surface area (Å²) < 4.78 is 4.74. The minimum atomic E-state index is -0.283. The van der Waals surface area contributed by atoms with Crippen molar-refractivity contribution in [3.8, 4) is 0 Å². The fraction of sp³-hybridized carbons (Fsp3) is 0.286. The van der Waals surface area contributed by atoms with Crippen molar-refractivity contribution in [1.29, 1.82) is 0 Å². The molecule has 5 heteroatoms. The summed E-state index contributed by atoms with van der Waals surface area (Å²) in [6, 6.07) is 7.70. The van der Waals surface area contributed by atoms with Crippen molar-refractivity contribution in [2.24, 2.45) is 0 Å². The van der Waals surface area contributed by atoms with Crippen LogP contribution in [-0.2, 0) is 17.7 Å². The second-order valence-corrected chi connectivity index (χ2v) is 4.59. The highest BCUT2D eigenvalue weighted by molar-refractivity contribution is 5.90. The summed E-state index contributed by atoms with van der Waals surface area (Å²) in [4.78, 5) is 13.8. The first-order chi connectivity index (χ1) is 9.28. The van der Waals surface area contributed by atoms with Crippen molar-refractivity contribution in [3.63, 3.8) is 0 Å². The van der Waals surface area contributed by atoms with E-state index in [1.807, 2.05) is 24.3 Å². The second kappa shape index (κ2) is 4.76. The number of rotatable bonds is 3. The van der Waals surface area contributed by atoms with Gasteiger partial charge in [0.15, 0.2) is 0 Å². The van der Waals surface area contributed by atoms with Gasteiger partial charge in [0, 0.05) is 18.4 Å². The number of carbonyl (C=O) groups is 1. The Bertz CT molecular complexity index is 593. The third kappa shape index (κ3) is 2.19. The topological polar surface area (TPSA) is 58.2 Å². The number of aromatic nitrogens is 2. The molecule has 0 atom stereocenters. The van der Waals surface area contributed by atoms with E-state index in [4.69, 9.17) is 4.74 Å². The Kier molecular flexibility index (Phi) is 2.95. The zero-order valence-electron chi connectivity index (χ0n) is 10.7. The third-order valence-corrected chi connectivity index (χ3v) is 3.41. The van der Waals surface area contributed by atoms with Crippen molar-refractivity contribution in [3.05, 3.63) is 47.3 Å². The summed E-state index contributed by atoms with van der Waals surface area (Å²) in [5, 5.41) is 6.92. The lowest BCUT2D eigenvalue weighted by Gasteiger charge is -2.18. The van der Waals surface area contributed by atoms with Gasteiger partial charge in [-0.3, -0.25) is 5.10 Å². The number of hydrogen-bond donors (Lipinski definition) is 1. The highest BCUT2D eigenvalue weighted by Crippen LogP contribution is 2.30. The lowest BCUT2D eigenvalue weighted by molar-refractivity contribution is 0.0600. The number of anilines is 1. The van der Waals surface area contributed by atoms with Gasteiger partial charge in [-0.15, -0.1) is 0 Å². The van der Waals surface area contributed by atoms with Gasteiger partial charge < -0.3 is 9.64 Å². The monoisotopic (exact) mass is 257 g/mol. The maximum atomic E-state index is 11.5. The smallest absolute Gasteiger partial charge is 0.337 e. The zero-order valence-corrected chi connectivity index (χ0v) is 10.7. The molecule has 1 aromatic carbocycles. The summed E-state index contributed by atoms with van der Waals surface area (Å²) in [6.07, 6.45) is 2.71. The van der Waals surface area contributed by atoms with Gasteiger partial charge in [0.1, 0.15) is 0 Å². The number of carbonyl (C=O) groups excluding carboxylic acids is 1. The molecule has 0 saturated heterocycles. The van der Waals surface area contributed by atoms with Crippen molar-refractivity contribution in [1.82, 2.24) is 10.2 Å². The Balaban J connectivity index is 1.83. The van der Waals surface area contributed by atoms with Crippen LogP contribution in [0, 0.1) is 0 Å². The molecule has 5 nitrogen and oxygen atoms in total. The Morgan fingerprint density at radius 1 is 1.47 bits per heavy atom. The summed E-state index contributed by atoms with van der Waals surface area (Å²) in [5.41, 5.74) is 4.08. The van der Waals surface area contributed by atoms with Crippen molar-refractivity contribution in [2.75, 3.05) is 18.6 Å². The number of esters is 1. The predicted octanol–water partition coefficient (Wildman–Crippen LogP) is 1.76. The Labute approximate surface area is 111 Å². The Morgan fingerprint density at radius 3 is 3.11 bits per heavy atom. The quantitative estimate of drug-likeness (QED) is 0.851. The van der Waals surface area contributed by atoms with Crippen LogP contribution in [0.15, 0.2) is 30.5 Å². The summed E-state index contributed by atoms with van der Waals surface area (Å²) in [6.45, 7) is 1.77. The normalized spacial score (nSPS) is 13.4.